The van der Waals surface area contributed by atoms with Crippen LogP contribution in [0.4, 0.5) is 0 Å². The second kappa shape index (κ2) is 15.6. The molecule has 2 aliphatic carbocycles. The van der Waals surface area contributed by atoms with E-state index in [0.717, 1.165) is 19.4 Å². The zero-order chi connectivity index (χ0) is 27.2. The number of benzene rings is 2. The Morgan fingerprint density at radius 2 is 1.26 bits per heavy atom. The van der Waals surface area contributed by atoms with Crippen molar-refractivity contribution in [2.75, 3.05) is 26.7 Å². The third-order valence-electron chi connectivity index (χ3n) is 9.49. The minimum absolute atomic E-state index is 0.106. The first-order chi connectivity index (χ1) is 19.2. The number of carbonyl (C=O) groups is 1. The van der Waals surface area contributed by atoms with Gasteiger partial charge in [-0.05, 0) is 82.1 Å². The summed E-state index contributed by atoms with van der Waals surface area (Å²) in [6.45, 7) is 3.59. The van der Waals surface area contributed by atoms with E-state index in [1.807, 2.05) is 0 Å². The molecule has 4 heteroatoms. The average molecular weight is 533 g/mol. The SMILES string of the molecule is COC(=O)CCCCNC1(c2ccccc2)CCCCC1.c1ccc(C2(N3CCCCC3)CCCCC2)cc1. The number of likely N-dealkylation sites (tertiary alicyclic amines) is 1. The van der Waals surface area contributed by atoms with Gasteiger partial charge in [-0.25, -0.2) is 0 Å². The maximum Gasteiger partial charge on any atom is 0.305 e. The van der Waals surface area contributed by atoms with Crippen LogP contribution in [0.15, 0.2) is 60.7 Å². The zero-order valence-electron chi connectivity index (χ0n) is 24.5. The van der Waals surface area contributed by atoms with Gasteiger partial charge in [-0.1, -0.05) is 106 Å². The molecule has 0 amide bonds. The lowest BCUT2D eigenvalue weighted by Gasteiger charge is -2.48. The third kappa shape index (κ3) is 8.17. The smallest absolute Gasteiger partial charge is 0.305 e. The van der Waals surface area contributed by atoms with E-state index >= 15 is 0 Å². The van der Waals surface area contributed by atoms with Crippen molar-refractivity contribution in [3.05, 3.63) is 71.8 Å². The number of nitrogens with one attached hydrogen (secondary N) is 1. The Kier molecular flexibility index (Phi) is 11.9. The van der Waals surface area contributed by atoms with Gasteiger partial charge >= 0.3 is 5.97 Å². The van der Waals surface area contributed by atoms with E-state index in [9.17, 15) is 4.79 Å². The highest BCUT2D eigenvalue weighted by Gasteiger charge is 2.39. The van der Waals surface area contributed by atoms with Gasteiger partial charge in [-0.2, -0.15) is 0 Å². The normalized spacial score (nSPS) is 20.8. The lowest BCUT2D eigenvalue weighted by atomic mass is 9.74. The van der Waals surface area contributed by atoms with E-state index < -0.39 is 0 Å². The Morgan fingerprint density at radius 1 is 0.718 bits per heavy atom. The van der Waals surface area contributed by atoms with E-state index in [-0.39, 0.29) is 11.5 Å². The Morgan fingerprint density at radius 3 is 1.85 bits per heavy atom. The monoisotopic (exact) mass is 532 g/mol. The van der Waals surface area contributed by atoms with E-state index in [1.165, 1.54) is 109 Å². The maximum atomic E-state index is 11.1. The van der Waals surface area contributed by atoms with Crippen LogP contribution in [0, 0.1) is 0 Å². The van der Waals surface area contributed by atoms with Gasteiger partial charge in [0.1, 0.15) is 0 Å². The number of rotatable bonds is 9. The van der Waals surface area contributed by atoms with Crippen molar-refractivity contribution in [1.82, 2.24) is 10.2 Å². The summed E-state index contributed by atoms with van der Waals surface area (Å²) in [5.41, 5.74) is 3.51. The van der Waals surface area contributed by atoms with Crippen LogP contribution in [0.2, 0.25) is 0 Å². The number of methoxy groups -OCH3 is 1. The summed E-state index contributed by atoms with van der Waals surface area (Å²) in [5, 5.41) is 3.79. The second-order valence-electron chi connectivity index (χ2n) is 12.0. The van der Waals surface area contributed by atoms with Crippen LogP contribution in [-0.4, -0.2) is 37.6 Å². The molecule has 0 radical (unpaired) electrons. The van der Waals surface area contributed by atoms with E-state index in [0.29, 0.717) is 12.0 Å². The van der Waals surface area contributed by atoms with Crippen molar-refractivity contribution < 1.29 is 9.53 Å². The van der Waals surface area contributed by atoms with Crippen LogP contribution in [0.1, 0.15) is 114 Å². The number of piperidine rings is 1. The molecular formula is C35H52N2O2. The molecule has 3 fully saturated rings. The lowest BCUT2D eigenvalue weighted by molar-refractivity contribution is -0.140. The first-order valence-corrected chi connectivity index (χ1v) is 15.9. The highest BCUT2D eigenvalue weighted by molar-refractivity contribution is 5.68. The zero-order valence-corrected chi connectivity index (χ0v) is 24.5. The summed E-state index contributed by atoms with van der Waals surface area (Å²) >= 11 is 0. The molecule has 1 saturated heterocycles. The number of ether oxygens (including phenoxy) is 1. The largest absolute Gasteiger partial charge is 0.469 e. The molecule has 214 valence electrons. The summed E-state index contributed by atoms with van der Waals surface area (Å²) < 4.78 is 4.68. The van der Waals surface area contributed by atoms with Crippen LogP contribution in [0.3, 0.4) is 0 Å². The third-order valence-corrected chi connectivity index (χ3v) is 9.49. The quantitative estimate of drug-likeness (QED) is 0.262. The van der Waals surface area contributed by atoms with Gasteiger partial charge in [0.25, 0.3) is 0 Å². The van der Waals surface area contributed by atoms with E-state index in [4.69, 9.17) is 0 Å². The Hall–Kier alpha value is -2.17. The Balaban J connectivity index is 0.000000183. The minimum atomic E-state index is -0.106. The fourth-order valence-corrected chi connectivity index (χ4v) is 7.30. The number of esters is 1. The predicted octanol–water partition coefficient (Wildman–Crippen LogP) is 8.11. The van der Waals surface area contributed by atoms with Crippen molar-refractivity contribution in [3.63, 3.8) is 0 Å². The molecular weight excluding hydrogens is 480 g/mol. The summed E-state index contributed by atoms with van der Waals surface area (Å²) in [7, 11) is 1.45. The van der Waals surface area contributed by atoms with Crippen molar-refractivity contribution in [2.24, 2.45) is 0 Å². The summed E-state index contributed by atoms with van der Waals surface area (Å²) in [4.78, 5) is 13.9. The van der Waals surface area contributed by atoms with Crippen LogP contribution in [-0.2, 0) is 20.6 Å². The van der Waals surface area contributed by atoms with Gasteiger partial charge in [-0.15, -0.1) is 0 Å². The standard InChI is InChI=1S/C18H27NO2.C17H25N/c1-21-17(20)12-6-9-15-19-18(13-7-3-8-14-18)16-10-4-2-5-11-16;1-4-10-16(11-5-1)17(12-6-2-7-13-17)18-14-8-3-9-15-18/h2,4-5,10-11,19H,3,6-9,12-15H2,1H3;1,4-5,10-11H,2-3,6-9,12-15H2. The first kappa shape index (κ1) is 29.8. The number of carbonyl (C=O) groups excluding carboxylic acids is 1. The van der Waals surface area contributed by atoms with Crippen LogP contribution in [0.25, 0.3) is 0 Å². The summed E-state index contributed by atoms with van der Waals surface area (Å²) in [5.74, 6) is -0.106. The molecule has 3 aliphatic rings. The van der Waals surface area contributed by atoms with Gasteiger partial charge in [0.05, 0.1) is 7.11 Å². The van der Waals surface area contributed by atoms with E-state index in [2.05, 4.69) is 75.6 Å². The first-order valence-electron chi connectivity index (χ1n) is 15.9. The highest BCUT2D eigenvalue weighted by Crippen LogP contribution is 2.43. The molecule has 4 nitrogen and oxygen atoms in total. The number of nitrogens with zero attached hydrogens (tertiary/aromatic N) is 1. The topological polar surface area (TPSA) is 41.6 Å². The van der Waals surface area contributed by atoms with Gasteiger partial charge in [0, 0.05) is 17.5 Å². The summed E-state index contributed by atoms with van der Waals surface area (Å²) in [6, 6.07) is 22.1. The molecule has 39 heavy (non-hydrogen) atoms. The molecule has 0 bridgehead atoms. The fraction of sp³-hybridized carbons (Fsp3) is 0.629. The van der Waals surface area contributed by atoms with Crippen molar-refractivity contribution in [2.45, 2.75) is 114 Å². The Labute approximate surface area is 237 Å². The lowest BCUT2D eigenvalue weighted by Crippen LogP contribution is -2.49. The Bertz CT molecular complexity index is 943. The summed E-state index contributed by atoms with van der Waals surface area (Å²) in [6.07, 6.45) is 20.0. The van der Waals surface area contributed by atoms with Crippen LogP contribution in [0.5, 0.6) is 0 Å². The molecule has 0 atom stereocenters. The van der Waals surface area contributed by atoms with Crippen LogP contribution >= 0.6 is 0 Å². The van der Waals surface area contributed by atoms with Crippen molar-refractivity contribution >= 4 is 5.97 Å². The average Bonchev–Trinajstić information content (AvgIpc) is 3.03. The van der Waals surface area contributed by atoms with Crippen molar-refractivity contribution in [1.29, 1.82) is 0 Å². The molecule has 2 aromatic rings. The second-order valence-corrected chi connectivity index (χ2v) is 12.0. The molecule has 2 saturated carbocycles. The molecule has 1 N–H and O–H groups in total. The van der Waals surface area contributed by atoms with Gasteiger partial charge in [-0.3, -0.25) is 9.69 Å². The number of hydrogen-bond acceptors (Lipinski definition) is 4. The van der Waals surface area contributed by atoms with Gasteiger partial charge in [0.15, 0.2) is 0 Å². The van der Waals surface area contributed by atoms with E-state index in [1.54, 1.807) is 5.56 Å². The number of hydrogen-bond donors (Lipinski definition) is 1. The molecule has 0 spiro atoms. The predicted molar refractivity (Wildman–Crippen MR) is 162 cm³/mol. The van der Waals surface area contributed by atoms with Crippen LogP contribution < -0.4 is 5.32 Å². The van der Waals surface area contributed by atoms with Crippen molar-refractivity contribution in [3.8, 4) is 0 Å². The molecule has 0 aromatic heterocycles. The fourth-order valence-electron chi connectivity index (χ4n) is 7.30. The molecule has 1 aliphatic heterocycles. The highest BCUT2D eigenvalue weighted by atomic mass is 16.5. The minimum Gasteiger partial charge on any atom is -0.469 e. The molecule has 1 heterocycles. The van der Waals surface area contributed by atoms with Gasteiger partial charge < -0.3 is 10.1 Å². The van der Waals surface area contributed by atoms with Gasteiger partial charge in [0.2, 0.25) is 0 Å². The molecule has 2 aromatic carbocycles. The maximum absolute atomic E-state index is 11.1. The molecule has 0 unspecified atom stereocenters. The molecule has 5 rings (SSSR count). The number of unbranched alkanes of at least 4 members (excludes halogenated alkanes) is 1.